The number of aliphatic carboxylic acids is 1. The lowest BCUT2D eigenvalue weighted by Crippen LogP contribution is -2.41. The number of carboxylic acids is 1. The Bertz CT molecular complexity index is 1610. The second-order valence-corrected chi connectivity index (χ2v) is 13.0. The number of hydrogen-bond donors (Lipinski definition) is 3. The molecule has 15 heteroatoms. The smallest absolute Gasteiger partial charge is 0.416 e. The summed E-state index contributed by atoms with van der Waals surface area (Å²) < 4.78 is 71.1. The highest BCUT2D eigenvalue weighted by Crippen LogP contribution is 2.37. The number of aliphatic hydroxyl groups excluding tert-OH is 1. The molecule has 3 aromatic rings. The van der Waals surface area contributed by atoms with Crippen LogP contribution >= 0.6 is 0 Å². The lowest BCUT2D eigenvalue weighted by atomic mass is 9.97. The summed E-state index contributed by atoms with van der Waals surface area (Å²) in [6.07, 6.45) is -2.55. The van der Waals surface area contributed by atoms with Gasteiger partial charge in [-0.15, -0.1) is 0 Å². The van der Waals surface area contributed by atoms with Crippen LogP contribution in [0.25, 0.3) is 11.3 Å². The molecule has 1 fully saturated rings. The van der Waals surface area contributed by atoms with Crippen molar-refractivity contribution in [1.29, 1.82) is 0 Å². The number of alkyl halides is 3. The van der Waals surface area contributed by atoms with Crippen LogP contribution in [0.1, 0.15) is 45.6 Å². The van der Waals surface area contributed by atoms with Crippen molar-refractivity contribution in [1.82, 2.24) is 24.3 Å². The van der Waals surface area contributed by atoms with E-state index in [4.69, 9.17) is 5.10 Å². The maximum Gasteiger partial charge on any atom is 0.416 e. The minimum atomic E-state index is -4.70. The van der Waals surface area contributed by atoms with E-state index in [1.165, 1.54) is 24.3 Å². The van der Waals surface area contributed by atoms with Gasteiger partial charge < -0.3 is 20.4 Å². The summed E-state index contributed by atoms with van der Waals surface area (Å²) in [4.78, 5) is 25.9. The molecule has 0 radical (unpaired) electrons. The van der Waals surface area contributed by atoms with Crippen LogP contribution in [-0.2, 0) is 48.0 Å². The second kappa shape index (κ2) is 14.0. The summed E-state index contributed by atoms with van der Waals surface area (Å²) in [7, 11) is -1.31. The van der Waals surface area contributed by atoms with Gasteiger partial charge in [-0.2, -0.15) is 18.3 Å². The van der Waals surface area contributed by atoms with Gasteiger partial charge in [0.1, 0.15) is 5.82 Å². The Balaban J connectivity index is 1.42. The fourth-order valence-electron chi connectivity index (χ4n) is 6.03. The van der Waals surface area contributed by atoms with Gasteiger partial charge in [0.15, 0.2) is 0 Å². The number of halogens is 4. The predicted molar refractivity (Wildman–Crippen MR) is 161 cm³/mol. The van der Waals surface area contributed by atoms with E-state index >= 15 is 0 Å². The third-order valence-electron chi connectivity index (χ3n) is 8.48. The number of piperidine rings is 1. The predicted octanol–water partition coefficient (Wildman–Crippen LogP) is 3.45. The minimum Gasteiger partial charge on any atom is -0.481 e. The maximum absolute atomic E-state index is 14.0. The Morgan fingerprint density at radius 1 is 1.09 bits per heavy atom. The topological polar surface area (TPSA) is 128 Å². The highest BCUT2D eigenvalue weighted by molar-refractivity contribution is 7.81. The number of aromatic nitrogens is 2. The van der Waals surface area contributed by atoms with Gasteiger partial charge in [0.2, 0.25) is 0 Å². The average Bonchev–Trinajstić information content (AvgIpc) is 3.37. The molecule has 5 rings (SSSR count). The molecule has 3 heterocycles. The number of carbonyl (C=O) groups excluding carboxylic acids is 1. The molecule has 0 saturated carbocycles. The molecule has 2 aromatic carbocycles. The number of nitrogens with one attached hydrogen (secondary N) is 1. The Morgan fingerprint density at radius 3 is 2.41 bits per heavy atom. The normalized spacial score (nSPS) is 17.8. The summed E-state index contributed by atoms with van der Waals surface area (Å²) in [6, 6.07) is 8.22. The van der Waals surface area contributed by atoms with Gasteiger partial charge in [-0.05, 0) is 67.9 Å². The first-order chi connectivity index (χ1) is 21.8. The van der Waals surface area contributed by atoms with Crippen molar-refractivity contribution in [2.45, 2.75) is 51.2 Å². The summed E-state index contributed by atoms with van der Waals surface area (Å²) in [6.45, 7) is 1.75. The number of β-amino-alcohol motifs (C(OH)–C–C–N with tert-alkyl or cyclic N) is 1. The van der Waals surface area contributed by atoms with E-state index in [0.717, 1.165) is 23.9 Å². The quantitative estimate of drug-likeness (QED) is 0.283. The van der Waals surface area contributed by atoms with Crippen molar-refractivity contribution in [2.24, 2.45) is 5.92 Å². The van der Waals surface area contributed by atoms with Crippen molar-refractivity contribution in [3.05, 3.63) is 76.2 Å². The number of amides is 1. The van der Waals surface area contributed by atoms with Crippen LogP contribution in [0.2, 0.25) is 0 Å². The molecular weight excluding hydrogens is 630 g/mol. The second-order valence-electron chi connectivity index (χ2n) is 11.6. The molecule has 3 N–H and O–H groups in total. The van der Waals surface area contributed by atoms with Crippen molar-refractivity contribution in [3.8, 4) is 11.3 Å². The number of rotatable bonds is 10. The van der Waals surface area contributed by atoms with Gasteiger partial charge in [-0.25, -0.2) is 12.9 Å². The van der Waals surface area contributed by atoms with E-state index in [-0.39, 0.29) is 24.2 Å². The van der Waals surface area contributed by atoms with E-state index in [1.807, 2.05) is 4.90 Å². The van der Waals surface area contributed by atoms with Gasteiger partial charge in [-0.1, -0.05) is 6.07 Å². The van der Waals surface area contributed by atoms with Crippen LogP contribution in [0.15, 0.2) is 42.5 Å². The average molecular weight is 666 g/mol. The zero-order chi connectivity index (χ0) is 33.2. The zero-order valence-corrected chi connectivity index (χ0v) is 25.9. The molecule has 1 saturated heterocycles. The molecule has 1 amide bonds. The lowest BCUT2D eigenvalue weighted by Gasteiger charge is -2.31. The first-order valence-electron chi connectivity index (χ1n) is 14.8. The van der Waals surface area contributed by atoms with Crippen LogP contribution < -0.4 is 5.32 Å². The molecule has 10 nitrogen and oxygen atoms in total. The fourth-order valence-corrected chi connectivity index (χ4v) is 6.69. The first kappa shape index (κ1) is 33.7. The summed E-state index contributed by atoms with van der Waals surface area (Å²) in [5, 5.41) is 27.5. The number of carbonyl (C=O) groups is 2. The number of benzene rings is 2. The summed E-state index contributed by atoms with van der Waals surface area (Å²) >= 11 is 0. The van der Waals surface area contributed by atoms with Crippen LogP contribution in [0, 0.1) is 11.7 Å². The number of fused-ring (bicyclic) bond motifs is 1. The summed E-state index contributed by atoms with van der Waals surface area (Å²) in [5.74, 6) is -2.43. The van der Waals surface area contributed by atoms with Gasteiger partial charge in [0.05, 0.1) is 40.8 Å². The first-order valence-corrected chi connectivity index (χ1v) is 16.4. The van der Waals surface area contributed by atoms with Crippen molar-refractivity contribution in [3.63, 3.8) is 0 Å². The summed E-state index contributed by atoms with van der Waals surface area (Å²) in [5.41, 5.74) is 1.20. The Hall–Kier alpha value is -3.66. The number of hydrogen-bond acceptors (Lipinski definition) is 6. The fraction of sp³-hybridized carbons (Fsp3) is 0.452. The van der Waals surface area contributed by atoms with Gasteiger partial charge in [-0.3, -0.25) is 14.3 Å². The monoisotopic (exact) mass is 665 g/mol. The third-order valence-corrected chi connectivity index (χ3v) is 9.52. The minimum absolute atomic E-state index is 0.0939. The molecule has 46 heavy (non-hydrogen) atoms. The Kier molecular flexibility index (Phi) is 10.2. The van der Waals surface area contributed by atoms with Crippen LogP contribution in [0.3, 0.4) is 0 Å². The molecule has 1 aromatic heterocycles. The molecule has 2 aliphatic heterocycles. The molecular formula is C31H35F4N5O5S. The van der Waals surface area contributed by atoms with Crippen molar-refractivity contribution < 1.29 is 41.6 Å². The SMILES string of the molecule is CS(=O)N1CCc2c(c(-c3ccc(C(F)(F)F)c(CNC(=O)c4ccc(F)cc4)c3)nn2CC(O)CN2CCC(C(=O)O)CC2)C1. The highest BCUT2D eigenvalue weighted by atomic mass is 32.2. The van der Waals surface area contributed by atoms with E-state index < -0.39 is 59.0 Å². The number of likely N-dealkylation sites (tertiary alicyclic amines) is 1. The standard InChI is InChI=1S/C31H35F4N5O5S/c1-46(45)39-13-10-27-25(18-39)28(37-40(27)17-24(41)16-38-11-8-20(9-12-38)30(43)44)21-4-7-26(31(33,34)35)22(14-21)15-36-29(42)19-2-5-23(32)6-3-19/h2-7,14,20,24,41H,8-13,15-18H2,1H3,(H,36,42)(H,43,44). The molecule has 2 atom stereocenters. The molecule has 248 valence electrons. The number of nitrogens with zero attached hydrogens (tertiary/aromatic N) is 4. The van der Waals surface area contributed by atoms with E-state index in [1.54, 1.807) is 15.2 Å². The van der Waals surface area contributed by atoms with E-state index in [9.17, 15) is 41.6 Å². The van der Waals surface area contributed by atoms with E-state index in [0.29, 0.717) is 62.3 Å². The van der Waals surface area contributed by atoms with Gasteiger partial charge >= 0.3 is 12.1 Å². The Morgan fingerprint density at radius 2 is 1.78 bits per heavy atom. The Labute approximate surface area is 265 Å². The largest absolute Gasteiger partial charge is 0.481 e. The van der Waals surface area contributed by atoms with Gasteiger partial charge in [0.25, 0.3) is 5.91 Å². The zero-order valence-electron chi connectivity index (χ0n) is 25.1. The third kappa shape index (κ3) is 7.82. The van der Waals surface area contributed by atoms with Crippen molar-refractivity contribution in [2.75, 3.05) is 32.4 Å². The molecule has 2 aliphatic rings. The lowest BCUT2D eigenvalue weighted by molar-refractivity contribution is -0.143. The van der Waals surface area contributed by atoms with E-state index in [2.05, 4.69) is 5.32 Å². The van der Waals surface area contributed by atoms with Crippen molar-refractivity contribution >= 4 is 22.9 Å². The maximum atomic E-state index is 14.0. The molecule has 0 bridgehead atoms. The van der Waals surface area contributed by atoms with Crippen LogP contribution in [-0.4, -0.2) is 83.8 Å². The molecule has 2 unspecified atom stereocenters. The van der Waals surface area contributed by atoms with Crippen LogP contribution in [0.5, 0.6) is 0 Å². The highest BCUT2D eigenvalue weighted by Gasteiger charge is 2.35. The van der Waals surface area contributed by atoms with Gasteiger partial charge in [0, 0.05) is 61.2 Å². The number of carboxylic acid groups (broad SMARTS) is 1. The number of aliphatic hydroxyl groups is 1. The van der Waals surface area contributed by atoms with Crippen LogP contribution in [0.4, 0.5) is 17.6 Å². The molecule has 0 aliphatic carbocycles. The molecule has 0 spiro atoms.